The van der Waals surface area contributed by atoms with Crippen LogP contribution in [0.1, 0.15) is 48.7 Å². The molecule has 0 radical (unpaired) electrons. The number of aryl methyl sites for hydroxylation is 1. The van der Waals surface area contributed by atoms with E-state index in [1.54, 1.807) is 0 Å². The molecule has 0 spiro atoms. The highest BCUT2D eigenvalue weighted by Gasteiger charge is 2.45. The Morgan fingerprint density at radius 1 is 1.35 bits per heavy atom. The fourth-order valence-corrected chi connectivity index (χ4v) is 2.78. The zero-order chi connectivity index (χ0) is 12.6. The van der Waals surface area contributed by atoms with E-state index in [9.17, 15) is 9.59 Å². The second-order valence-corrected chi connectivity index (χ2v) is 5.27. The Hall–Kier alpha value is -1.44. The highest BCUT2D eigenvalue weighted by atomic mass is 16.1. The van der Waals surface area contributed by atoms with Crippen LogP contribution < -0.4 is 0 Å². The first-order valence-electron chi connectivity index (χ1n) is 6.13. The lowest BCUT2D eigenvalue weighted by molar-refractivity contribution is -0.108. The molecule has 1 aromatic carbocycles. The lowest BCUT2D eigenvalue weighted by Crippen LogP contribution is -2.27. The number of Topliss-reactive ketones (excluding diaryl/α,β-unsaturated/α-hetero) is 1. The molecule has 2 nitrogen and oxygen atoms in total. The number of rotatable bonds is 3. The molecule has 17 heavy (non-hydrogen) atoms. The highest BCUT2D eigenvalue weighted by Crippen LogP contribution is 2.44. The molecule has 0 unspecified atom stereocenters. The third-order valence-electron chi connectivity index (χ3n) is 3.97. The maximum Gasteiger partial charge on any atom is 0.167 e. The molecule has 2 heteroatoms. The number of carbonyl (C=O) groups excluding carboxylic acids is 2. The minimum Gasteiger partial charge on any atom is -0.303 e. The normalized spacial score (nSPS) is 21.4. The van der Waals surface area contributed by atoms with Gasteiger partial charge in [0.05, 0.1) is 0 Å². The molecule has 0 amide bonds. The van der Waals surface area contributed by atoms with Gasteiger partial charge in [-0.25, -0.2) is 0 Å². The van der Waals surface area contributed by atoms with Crippen LogP contribution in [0, 0.1) is 5.92 Å². The van der Waals surface area contributed by atoms with Crippen molar-refractivity contribution in [3.05, 3.63) is 34.9 Å². The second-order valence-electron chi connectivity index (χ2n) is 5.27. The van der Waals surface area contributed by atoms with Gasteiger partial charge in [-0.3, -0.25) is 4.79 Å². The number of ketones is 1. The van der Waals surface area contributed by atoms with E-state index in [0.717, 1.165) is 23.8 Å². The van der Waals surface area contributed by atoms with Crippen molar-refractivity contribution in [2.45, 2.75) is 39.0 Å². The fraction of sp³-hybridized carbons (Fsp3) is 0.467. The monoisotopic (exact) mass is 230 g/mol. The van der Waals surface area contributed by atoms with E-state index >= 15 is 0 Å². The molecule has 0 heterocycles. The van der Waals surface area contributed by atoms with Gasteiger partial charge in [-0.05, 0) is 23.6 Å². The Labute approximate surface area is 102 Å². The molecule has 0 saturated carbocycles. The highest BCUT2D eigenvalue weighted by molar-refractivity contribution is 6.05. The first kappa shape index (κ1) is 12.0. The summed E-state index contributed by atoms with van der Waals surface area (Å²) < 4.78 is 0. The molecule has 0 fully saturated rings. The SMILES string of the molecule is CCc1ccc2c(c1)C(=O)[C@@H](CC=O)C2(C)C. The summed E-state index contributed by atoms with van der Waals surface area (Å²) >= 11 is 0. The first-order valence-corrected chi connectivity index (χ1v) is 6.13. The van der Waals surface area contributed by atoms with Crippen LogP contribution in [0.3, 0.4) is 0 Å². The van der Waals surface area contributed by atoms with E-state index in [0.29, 0.717) is 6.42 Å². The molecule has 2 rings (SSSR count). The number of benzene rings is 1. The van der Waals surface area contributed by atoms with Gasteiger partial charge in [-0.1, -0.05) is 32.9 Å². The Bertz CT molecular complexity index is 472. The van der Waals surface area contributed by atoms with Crippen LogP contribution in [0.15, 0.2) is 18.2 Å². The zero-order valence-corrected chi connectivity index (χ0v) is 10.6. The molecule has 0 N–H and O–H groups in total. The van der Waals surface area contributed by atoms with Crippen LogP contribution in [-0.4, -0.2) is 12.1 Å². The topological polar surface area (TPSA) is 34.1 Å². The fourth-order valence-electron chi connectivity index (χ4n) is 2.78. The van der Waals surface area contributed by atoms with Gasteiger partial charge >= 0.3 is 0 Å². The molecule has 0 aliphatic heterocycles. The lowest BCUT2D eigenvalue weighted by Gasteiger charge is -2.25. The molecule has 0 aromatic heterocycles. The Kier molecular flexibility index (Phi) is 2.90. The molecule has 1 aliphatic carbocycles. The summed E-state index contributed by atoms with van der Waals surface area (Å²) in [5.41, 5.74) is 2.87. The van der Waals surface area contributed by atoms with Crippen molar-refractivity contribution in [3.63, 3.8) is 0 Å². The van der Waals surface area contributed by atoms with Crippen LogP contribution in [0.5, 0.6) is 0 Å². The average molecular weight is 230 g/mol. The van der Waals surface area contributed by atoms with Crippen molar-refractivity contribution < 1.29 is 9.59 Å². The summed E-state index contributed by atoms with van der Waals surface area (Å²) in [6, 6.07) is 6.12. The third kappa shape index (κ3) is 1.72. The maximum absolute atomic E-state index is 12.3. The van der Waals surface area contributed by atoms with Gasteiger partial charge < -0.3 is 4.79 Å². The van der Waals surface area contributed by atoms with Crippen molar-refractivity contribution in [3.8, 4) is 0 Å². The molecule has 1 atom stereocenters. The van der Waals surface area contributed by atoms with Gasteiger partial charge in [-0.2, -0.15) is 0 Å². The van der Waals surface area contributed by atoms with Crippen molar-refractivity contribution in [1.29, 1.82) is 0 Å². The second kappa shape index (κ2) is 4.10. The van der Waals surface area contributed by atoms with Gasteiger partial charge in [0.25, 0.3) is 0 Å². The molecule has 1 aromatic rings. The van der Waals surface area contributed by atoms with Crippen molar-refractivity contribution in [1.82, 2.24) is 0 Å². The largest absolute Gasteiger partial charge is 0.303 e. The van der Waals surface area contributed by atoms with Crippen LogP contribution in [-0.2, 0) is 16.6 Å². The predicted molar refractivity (Wildman–Crippen MR) is 67.3 cm³/mol. The maximum atomic E-state index is 12.3. The van der Waals surface area contributed by atoms with Crippen LogP contribution in [0.2, 0.25) is 0 Å². The summed E-state index contributed by atoms with van der Waals surface area (Å²) in [4.78, 5) is 23.0. The quantitative estimate of drug-likeness (QED) is 0.748. The minimum atomic E-state index is -0.223. The Morgan fingerprint density at radius 2 is 2.06 bits per heavy atom. The Morgan fingerprint density at radius 3 is 2.65 bits per heavy atom. The molecule has 90 valence electrons. The van der Waals surface area contributed by atoms with Crippen molar-refractivity contribution in [2.24, 2.45) is 5.92 Å². The molecular weight excluding hydrogens is 212 g/mol. The number of aldehydes is 1. The van der Waals surface area contributed by atoms with Gasteiger partial charge in [0.1, 0.15) is 6.29 Å². The average Bonchev–Trinajstić information content (AvgIpc) is 2.50. The predicted octanol–water partition coefficient (Wildman–Crippen LogP) is 2.93. The molecular formula is C15H18O2. The standard InChI is InChI=1S/C15H18O2/c1-4-10-5-6-12-11(9-10)14(17)13(7-8-16)15(12,2)3/h5-6,8-9,13H,4,7H2,1-3H3/t13-/m1/s1. The summed E-state index contributed by atoms with van der Waals surface area (Å²) in [5, 5.41) is 0. The van der Waals surface area contributed by atoms with E-state index in [1.165, 1.54) is 5.56 Å². The first-order chi connectivity index (χ1) is 8.02. The smallest absolute Gasteiger partial charge is 0.167 e. The van der Waals surface area contributed by atoms with E-state index in [-0.39, 0.29) is 17.1 Å². The molecule has 1 aliphatic rings. The summed E-state index contributed by atoms with van der Waals surface area (Å²) in [6.07, 6.45) is 2.11. The van der Waals surface area contributed by atoms with Crippen LogP contribution >= 0.6 is 0 Å². The van der Waals surface area contributed by atoms with Gasteiger partial charge in [0.15, 0.2) is 5.78 Å². The molecule has 0 saturated heterocycles. The zero-order valence-electron chi connectivity index (χ0n) is 10.6. The van der Waals surface area contributed by atoms with E-state index in [4.69, 9.17) is 0 Å². The number of hydrogen-bond donors (Lipinski definition) is 0. The van der Waals surface area contributed by atoms with Crippen LogP contribution in [0.25, 0.3) is 0 Å². The number of carbonyl (C=O) groups is 2. The van der Waals surface area contributed by atoms with Crippen LogP contribution in [0.4, 0.5) is 0 Å². The van der Waals surface area contributed by atoms with E-state index < -0.39 is 0 Å². The lowest BCUT2D eigenvalue weighted by atomic mass is 9.77. The third-order valence-corrected chi connectivity index (χ3v) is 3.97. The van der Waals surface area contributed by atoms with E-state index in [1.807, 2.05) is 6.07 Å². The van der Waals surface area contributed by atoms with Gasteiger partial charge in [0, 0.05) is 23.3 Å². The summed E-state index contributed by atoms with van der Waals surface area (Å²) in [6.45, 7) is 6.18. The molecule has 0 bridgehead atoms. The minimum absolute atomic E-state index is 0.132. The van der Waals surface area contributed by atoms with E-state index in [2.05, 4.69) is 32.9 Å². The van der Waals surface area contributed by atoms with Gasteiger partial charge in [-0.15, -0.1) is 0 Å². The summed E-state index contributed by atoms with van der Waals surface area (Å²) in [5.74, 6) is -0.0606. The number of hydrogen-bond acceptors (Lipinski definition) is 2. The Balaban J connectivity index is 2.53. The van der Waals surface area contributed by atoms with Crippen molar-refractivity contribution >= 4 is 12.1 Å². The summed E-state index contributed by atoms with van der Waals surface area (Å²) in [7, 11) is 0. The van der Waals surface area contributed by atoms with Crippen molar-refractivity contribution in [2.75, 3.05) is 0 Å². The van der Waals surface area contributed by atoms with Gasteiger partial charge in [0.2, 0.25) is 0 Å². The number of fused-ring (bicyclic) bond motifs is 1.